The Hall–Kier alpha value is -2.14. The van der Waals surface area contributed by atoms with Crippen molar-refractivity contribution in [1.82, 2.24) is 15.1 Å². The number of nitrogens with zero attached hydrogens (tertiary/aromatic N) is 2. The number of aliphatic hydroxyl groups excluding tert-OH is 1. The van der Waals surface area contributed by atoms with Gasteiger partial charge in [-0.15, -0.1) is 0 Å². The maximum absolute atomic E-state index is 12.2. The molecule has 5 heteroatoms. The number of carbonyl (C=O) groups excluding carboxylic acids is 1. The van der Waals surface area contributed by atoms with Gasteiger partial charge in [0, 0.05) is 25.2 Å². The number of benzene rings is 1. The zero-order valence-electron chi connectivity index (χ0n) is 14.0. The summed E-state index contributed by atoms with van der Waals surface area (Å²) in [5.74, 6) is 0.279. The molecule has 5 nitrogen and oxygen atoms in total. The van der Waals surface area contributed by atoms with Crippen LogP contribution in [0.15, 0.2) is 36.5 Å². The molecule has 1 atom stereocenters. The lowest BCUT2D eigenvalue weighted by molar-refractivity contribution is 0.0915. The van der Waals surface area contributed by atoms with Gasteiger partial charge < -0.3 is 10.4 Å². The largest absolute Gasteiger partial charge is 0.391 e. The Labute approximate surface area is 137 Å². The first kappa shape index (κ1) is 17.2. The fourth-order valence-corrected chi connectivity index (χ4v) is 2.46. The molecule has 2 rings (SSSR count). The van der Waals surface area contributed by atoms with Crippen LogP contribution < -0.4 is 5.32 Å². The van der Waals surface area contributed by atoms with Crippen molar-refractivity contribution in [3.8, 4) is 0 Å². The Morgan fingerprint density at radius 1 is 1.30 bits per heavy atom. The number of hydrogen-bond acceptors (Lipinski definition) is 3. The number of carbonyl (C=O) groups is 1. The Balaban J connectivity index is 1.88. The van der Waals surface area contributed by atoms with E-state index in [1.165, 1.54) is 0 Å². The summed E-state index contributed by atoms with van der Waals surface area (Å²) in [6.45, 7) is 7.13. The van der Waals surface area contributed by atoms with Gasteiger partial charge in [0.2, 0.25) is 0 Å². The number of amides is 1. The van der Waals surface area contributed by atoms with Crippen LogP contribution in [0.5, 0.6) is 0 Å². The van der Waals surface area contributed by atoms with Gasteiger partial charge in [0.15, 0.2) is 0 Å². The fraction of sp³-hybridized carbons (Fsp3) is 0.444. The molecule has 0 aliphatic heterocycles. The SMILES string of the molecule is Cc1c(C(=O)NCC(O)Cc2ccccc2)cnn1CC(C)C. The van der Waals surface area contributed by atoms with E-state index in [4.69, 9.17) is 0 Å². The first-order chi connectivity index (χ1) is 11.0. The third-order valence-electron chi connectivity index (χ3n) is 3.70. The highest BCUT2D eigenvalue weighted by atomic mass is 16.3. The lowest BCUT2D eigenvalue weighted by Gasteiger charge is -2.12. The van der Waals surface area contributed by atoms with Crippen LogP contribution in [0.1, 0.15) is 35.5 Å². The summed E-state index contributed by atoms with van der Waals surface area (Å²) < 4.78 is 1.85. The van der Waals surface area contributed by atoms with Crippen LogP contribution in [-0.2, 0) is 13.0 Å². The van der Waals surface area contributed by atoms with Gasteiger partial charge in [-0.25, -0.2) is 0 Å². The normalized spacial score (nSPS) is 12.4. The second-order valence-corrected chi connectivity index (χ2v) is 6.27. The number of hydrogen-bond donors (Lipinski definition) is 2. The summed E-state index contributed by atoms with van der Waals surface area (Å²) in [6, 6.07) is 9.74. The standard InChI is InChI=1S/C18H25N3O2/c1-13(2)12-21-14(3)17(11-20-21)18(23)19-10-16(22)9-15-7-5-4-6-8-15/h4-8,11,13,16,22H,9-10,12H2,1-3H3,(H,19,23). The van der Waals surface area contributed by atoms with E-state index in [2.05, 4.69) is 24.3 Å². The Morgan fingerprint density at radius 3 is 2.65 bits per heavy atom. The molecule has 0 fully saturated rings. The highest BCUT2D eigenvalue weighted by Crippen LogP contribution is 2.10. The van der Waals surface area contributed by atoms with Crippen LogP contribution in [0.3, 0.4) is 0 Å². The summed E-state index contributed by atoms with van der Waals surface area (Å²) in [6.07, 6.45) is 1.51. The molecule has 1 aromatic carbocycles. The highest BCUT2D eigenvalue weighted by molar-refractivity contribution is 5.95. The Bertz CT molecular complexity index is 635. The van der Waals surface area contributed by atoms with Gasteiger partial charge in [-0.3, -0.25) is 9.48 Å². The molecule has 0 spiro atoms. The van der Waals surface area contributed by atoms with Crippen LogP contribution in [0.4, 0.5) is 0 Å². The van der Waals surface area contributed by atoms with E-state index in [1.54, 1.807) is 6.20 Å². The van der Waals surface area contributed by atoms with Gasteiger partial charge in [0.05, 0.1) is 17.9 Å². The number of rotatable bonds is 7. The molecule has 23 heavy (non-hydrogen) atoms. The van der Waals surface area contributed by atoms with Gasteiger partial charge in [0.1, 0.15) is 0 Å². The van der Waals surface area contributed by atoms with Crippen molar-refractivity contribution in [1.29, 1.82) is 0 Å². The van der Waals surface area contributed by atoms with Crippen molar-refractivity contribution in [2.75, 3.05) is 6.54 Å². The molecule has 2 N–H and O–H groups in total. The summed E-state index contributed by atoms with van der Waals surface area (Å²) in [5.41, 5.74) is 2.47. The fourth-order valence-electron chi connectivity index (χ4n) is 2.46. The monoisotopic (exact) mass is 315 g/mol. The minimum atomic E-state index is -0.604. The van der Waals surface area contributed by atoms with Crippen molar-refractivity contribution in [3.63, 3.8) is 0 Å². The average molecular weight is 315 g/mol. The molecule has 0 bridgehead atoms. The third kappa shape index (κ3) is 4.93. The first-order valence-electron chi connectivity index (χ1n) is 8.00. The molecule has 0 radical (unpaired) electrons. The Kier molecular flexibility index (Phi) is 5.93. The third-order valence-corrected chi connectivity index (χ3v) is 3.70. The molecule has 0 saturated carbocycles. The number of nitrogens with one attached hydrogen (secondary N) is 1. The van der Waals surface area contributed by atoms with E-state index >= 15 is 0 Å². The zero-order chi connectivity index (χ0) is 16.8. The van der Waals surface area contributed by atoms with E-state index < -0.39 is 6.10 Å². The maximum Gasteiger partial charge on any atom is 0.254 e. The lowest BCUT2D eigenvalue weighted by atomic mass is 10.1. The van der Waals surface area contributed by atoms with Crippen molar-refractivity contribution in [3.05, 3.63) is 53.3 Å². The van der Waals surface area contributed by atoms with Gasteiger partial charge in [-0.2, -0.15) is 5.10 Å². The molecular weight excluding hydrogens is 290 g/mol. The van der Waals surface area contributed by atoms with E-state index in [9.17, 15) is 9.90 Å². The van der Waals surface area contributed by atoms with Gasteiger partial charge >= 0.3 is 0 Å². The zero-order valence-corrected chi connectivity index (χ0v) is 14.0. The predicted octanol–water partition coefficient (Wildman–Crippen LogP) is 2.18. The smallest absolute Gasteiger partial charge is 0.254 e. The summed E-state index contributed by atoms with van der Waals surface area (Å²) in [5, 5.41) is 17.1. The quantitative estimate of drug-likeness (QED) is 0.823. The van der Waals surface area contributed by atoms with Crippen molar-refractivity contribution in [2.24, 2.45) is 5.92 Å². The van der Waals surface area contributed by atoms with Crippen LogP contribution in [0, 0.1) is 12.8 Å². The molecule has 2 aromatic rings. The highest BCUT2D eigenvalue weighted by Gasteiger charge is 2.15. The topological polar surface area (TPSA) is 67.2 Å². The summed E-state index contributed by atoms with van der Waals surface area (Å²) in [4.78, 5) is 12.2. The van der Waals surface area contributed by atoms with E-state index in [-0.39, 0.29) is 12.5 Å². The summed E-state index contributed by atoms with van der Waals surface area (Å²) >= 11 is 0. The maximum atomic E-state index is 12.2. The number of aromatic nitrogens is 2. The molecule has 0 saturated heterocycles. The molecule has 1 heterocycles. The summed E-state index contributed by atoms with van der Waals surface area (Å²) in [7, 11) is 0. The van der Waals surface area contributed by atoms with E-state index in [1.807, 2.05) is 41.9 Å². The predicted molar refractivity (Wildman–Crippen MR) is 90.3 cm³/mol. The molecule has 0 aliphatic rings. The molecule has 0 aliphatic carbocycles. The molecule has 124 valence electrons. The lowest BCUT2D eigenvalue weighted by Crippen LogP contribution is -2.33. The van der Waals surface area contributed by atoms with Gasteiger partial charge in [-0.1, -0.05) is 44.2 Å². The average Bonchev–Trinajstić information content (AvgIpc) is 2.86. The number of aliphatic hydroxyl groups is 1. The molecule has 1 amide bonds. The van der Waals surface area contributed by atoms with E-state index in [0.717, 1.165) is 17.8 Å². The molecule has 1 unspecified atom stereocenters. The second-order valence-electron chi connectivity index (χ2n) is 6.27. The minimum Gasteiger partial charge on any atom is -0.391 e. The molecule has 1 aromatic heterocycles. The van der Waals surface area contributed by atoms with Gasteiger partial charge in [0.25, 0.3) is 5.91 Å². The van der Waals surface area contributed by atoms with Crippen molar-refractivity contribution in [2.45, 2.75) is 39.8 Å². The van der Waals surface area contributed by atoms with Crippen LogP contribution in [0.2, 0.25) is 0 Å². The van der Waals surface area contributed by atoms with Crippen LogP contribution in [-0.4, -0.2) is 33.4 Å². The van der Waals surface area contributed by atoms with Crippen molar-refractivity contribution >= 4 is 5.91 Å². The van der Waals surface area contributed by atoms with E-state index in [0.29, 0.717) is 17.9 Å². The van der Waals surface area contributed by atoms with Crippen LogP contribution in [0.25, 0.3) is 0 Å². The van der Waals surface area contributed by atoms with Gasteiger partial charge in [-0.05, 0) is 18.4 Å². The first-order valence-corrected chi connectivity index (χ1v) is 8.00. The second kappa shape index (κ2) is 7.92. The minimum absolute atomic E-state index is 0.190. The Morgan fingerprint density at radius 2 is 2.00 bits per heavy atom. The molecular formula is C18H25N3O2. The van der Waals surface area contributed by atoms with Crippen molar-refractivity contribution < 1.29 is 9.90 Å². The van der Waals surface area contributed by atoms with Crippen LogP contribution >= 0.6 is 0 Å².